The fourth-order valence-corrected chi connectivity index (χ4v) is 3.19. The van der Waals surface area contributed by atoms with E-state index in [4.69, 9.17) is 10.5 Å². The molecule has 2 unspecified atom stereocenters. The standard InChI is InChI=1S/C20H25N3O3.ClH/c1-14(21)18-13-23(9-10-26-18)20(25)12-22-19(24)11-16-7-4-6-15-5-2-3-8-17(15)16;/h2-8,14,18H,9-13,21H2,1H3,(H,22,24);1H. The van der Waals surface area contributed by atoms with Gasteiger partial charge in [0, 0.05) is 19.1 Å². The number of ether oxygens (including phenoxy) is 1. The van der Waals surface area contributed by atoms with E-state index in [1.54, 1.807) is 4.90 Å². The molecule has 1 saturated heterocycles. The first-order valence-electron chi connectivity index (χ1n) is 8.93. The number of nitrogens with one attached hydrogen (secondary N) is 1. The van der Waals surface area contributed by atoms with E-state index in [9.17, 15) is 9.59 Å². The maximum absolute atomic E-state index is 12.4. The Bertz CT molecular complexity index is 792. The van der Waals surface area contributed by atoms with Gasteiger partial charge in [-0.05, 0) is 23.3 Å². The van der Waals surface area contributed by atoms with Gasteiger partial charge in [0.05, 0.1) is 25.7 Å². The molecule has 1 aliphatic rings. The molecule has 7 heteroatoms. The minimum Gasteiger partial charge on any atom is -0.373 e. The third-order valence-electron chi connectivity index (χ3n) is 4.70. The van der Waals surface area contributed by atoms with Crippen LogP contribution in [0.2, 0.25) is 0 Å². The molecule has 146 valence electrons. The number of carbonyl (C=O) groups excluding carboxylic acids is 2. The van der Waals surface area contributed by atoms with Crippen LogP contribution in [0.15, 0.2) is 42.5 Å². The lowest BCUT2D eigenvalue weighted by molar-refractivity contribution is -0.139. The van der Waals surface area contributed by atoms with Gasteiger partial charge in [-0.2, -0.15) is 0 Å². The number of hydrogen-bond acceptors (Lipinski definition) is 4. The summed E-state index contributed by atoms with van der Waals surface area (Å²) in [5, 5.41) is 4.90. The van der Waals surface area contributed by atoms with Crippen molar-refractivity contribution in [2.45, 2.75) is 25.5 Å². The van der Waals surface area contributed by atoms with Crippen LogP contribution in [-0.4, -0.2) is 55.1 Å². The van der Waals surface area contributed by atoms with Gasteiger partial charge in [-0.1, -0.05) is 42.5 Å². The Hall–Kier alpha value is -2.15. The van der Waals surface area contributed by atoms with Gasteiger partial charge in [-0.15, -0.1) is 12.4 Å². The van der Waals surface area contributed by atoms with Crippen LogP contribution in [0.4, 0.5) is 0 Å². The zero-order valence-corrected chi connectivity index (χ0v) is 16.2. The number of nitrogens with two attached hydrogens (primary N) is 1. The Morgan fingerprint density at radius 3 is 2.78 bits per heavy atom. The first-order valence-corrected chi connectivity index (χ1v) is 8.93. The number of morpholine rings is 1. The molecule has 0 bridgehead atoms. The summed E-state index contributed by atoms with van der Waals surface area (Å²) in [5.74, 6) is -0.267. The first kappa shape index (κ1) is 21.2. The number of benzene rings is 2. The molecular weight excluding hydrogens is 366 g/mol. The third kappa shape index (κ3) is 5.42. The highest BCUT2D eigenvalue weighted by Gasteiger charge is 2.26. The number of rotatable bonds is 5. The van der Waals surface area contributed by atoms with Gasteiger partial charge in [0.1, 0.15) is 0 Å². The smallest absolute Gasteiger partial charge is 0.242 e. The highest BCUT2D eigenvalue weighted by atomic mass is 35.5. The summed E-state index contributed by atoms with van der Waals surface area (Å²) in [6.07, 6.45) is 0.0966. The summed E-state index contributed by atoms with van der Waals surface area (Å²) in [6, 6.07) is 13.7. The lowest BCUT2D eigenvalue weighted by atomic mass is 10.0. The molecule has 1 fully saturated rings. The number of fused-ring (bicyclic) bond motifs is 1. The van der Waals surface area contributed by atoms with E-state index in [0.29, 0.717) is 19.7 Å². The van der Waals surface area contributed by atoms with Crippen molar-refractivity contribution in [3.8, 4) is 0 Å². The number of nitrogens with zero attached hydrogens (tertiary/aromatic N) is 1. The number of halogens is 1. The van der Waals surface area contributed by atoms with Crippen LogP contribution in [0.25, 0.3) is 10.8 Å². The van der Waals surface area contributed by atoms with E-state index in [1.807, 2.05) is 49.4 Å². The minimum absolute atomic E-state index is 0. The predicted octanol–water partition coefficient (Wildman–Crippen LogP) is 1.49. The minimum atomic E-state index is -0.160. The molecular formula is C20H26ClN3O3. The van der Waals surface area contributed by atoms with Gasteiger partial charge in [-0.3, -0.25) is 9.59 Å². The average molecular weight is 392 g/mol. The van der Waals surface area contributed by atoms with E-state index in [0.717, 1.165) is 16.3 Å². The molecule has 0 radical (unpaired) electrons. The topological polar surface area (TPSA) is 84.7 Å². The van der Waals surface area contributed by atoms with Crippen molar-refractivity contribution < 1.29 is 14.3 Å². The normalized spacial score (nSPS) is 17.9. The van der Waals surface area contributed by atoms with Crippen molar-refractivity contribution in [3.63, 3.8) is 0 Å². The highest BCUT2D eigenvalue weighted by molar-refractivity contribution is 5.91. The van der Waals surface area contributed by atoms with Crippen LogP contribution < -0.4 is 11.1 Å². The van der Waals surface area contributed by atoms with Crippen LogP contribution in [0, 0.1) is 0 Å². The first-order chi connectivity index (χ1) is 12.5. The molecule has 0 aliphatic carbocycles. The maximum Gasteiger partial charge on any atom is 0.242 e. The average Bonchev–Trinajstić information content (AvgIpc) is 2.66. The van der Waals surface area contributed by atoms with Gasteiger partial charge in [0.25, 0.3) is 0 Å². The van der Waals surface area contributed by atoms with E-state index in [2.05, 4.69) is 5.32 Å². The molecule has 3 N–H and O–H groups in total. The van der Waals surface area contributed by atoms with Crippen LogP contribution in [0.3, 0.4) is 0 Å². The van der Waals surface area contributed by atoms with E-state index in [1.165, 1.54) is 0 Å². The fourth-order valence-electron chi connectivity index (χ4n) is 3.19. The van der Waals surface area contributed by atoms with E-state index in [-0.39, 0.29) is 49.3 Å². The molecule has 1 heterocycles. The van der Waals surface area contributed by atoms with Crippen molar-refractivity contribution >= 4 is 35.0 Å². The molecule has 2 atom stereocenters. The van der Waals surface area contributed by atoms with Crippen LogP contribution in [0.5, 0.6) is 0 Å². The molecule has 2 aromatic rings. The molecule has 6 nitrogen and oxygen atoms in total. The van der Waals surface area contributed by atoms with Crippen LogP contribution >= 0.6 is 12.4 Å². The van der Waals surface area contributed by atoms with E-state index >= 15 is 0 Å². The Morgan fingerprint density at radius 1 is 1.26 bits per heavy atom. The van der Waals surface area contributed by atoms with Crippen molar-refractivity contribution in [1.82, 2.24) is 10.2 Å². The largest absolute Gasteiger partial charge is 0.373 e. The second kappa shape index (κ2) is 9.69. The Morgan fingerprint density at radius 2 is 2.00 bits per heavy atom. The zero-order valence-electron chi connectivity index (χ0n) is 15.4. The second-order valence-electron chi connectivity index (χ2n) is 6.70. The van der Waals surface area contributed by atoms with Gasteiger partial charge in [0.15, 0.2) is 0 Å². The molecule has 2 amide bonds. The van der Waals surface area contributed by atoms with Crippen molar-refractivity contribution in [2.75, 3.05) is 26.2 Å². The SMILES string of the molecule is CC(N)C1CN(C(=O)CNC(=O)Cc2cccc3ccccc23)CCO1.Cl. The lowest BCUT2D eigenvalue weighted by Gasteiger charge is -2.34. The molecule has 0 saturated carbocycles. The summed E-state index contributed by atoms with van der Waals surface area (Å²) in [7, 11) is 0. The number of amides is 2. The summed E-state index contributed by atoms with van der Waals surface area (Å²) < 4.78 is 5.56. The van der Waals surface area contributed by atoms with Gasteiger partial charge >= 0.3 is 0 Å². The lowest BCUT2D eigenvalue weighted by Crippen LogP contribution is -2.53. The van der Waals surface area contributed by atoms with Crippen molar-refractivity contribution in [2.24, 2.45) is 5.73 Å². The molecule has 1 aliphatic heterocycles. The quantitative estimate of drug-likeness (QED) is 0.808. The number of hydrogen-bond donors (Lipinski definition) is 2. The Kier molecular flexibility index (Phi) is 7.59. The second-order valence-corrected chi connectivity index (χ2v) is 6.70. The maximum atomic E-state index is 12.4. The fraction of sp³-hybridized carbons (Fsp3) is 0.400. The summed E-state index contributed by atoms with van der Waals surface area (Å²) in [5.41, 5.74) is 6.81. The summed E-state index contributed by atoms with van der Waals surface area (Å²) in [4.78, 5) is 26.3. The molecule has 0 spiro atoms. The summed E-state index contributed by atoms with van der Waals surface area (Å²) in [6.45, 7) is 3.33. The summed E-state index contributed by atoms with van der Waals surface area (Å²) >= 11 is 0. The molecule has 0 aromatic heterocycles. The van der Waals surface area contributed by atoms with Gasteiger partial charge < -0.3 is 20.7 Å². The zero-order chi connectivity index (χ0) is 18.5. The number of carbonyl (C=O) groups is 2. The monoisotopic (exact) mass is 391 g/mol. The van der Waals surface area contributed by atoms with Crippen molar-refractivity contribution in [1.29, 1.82) is 0 Å². The molecule has 2 aromatic carbocycles. The van der Waals surface area contributed by atoms with Crippen molar-refractivity contribution in [3.05, 3.63) is 48.0 Å². The van der Waals surface area contributed by atoms with E-state index < -0.39 is 0 Å². The third-order valence-corrected chi connectivity index (χ3v) is 4.70. The van der Waals surface area contributed by atoms with Crippen LogP contribution in [-0.2, 0) is 20.7 Å². The van der Waals surface area contributed by atoms with Gasteiger partial charge in [-0.25, -0.2) is 0 Å². The molecule has 3 rings (SSSR count). The Labute approximate surface area is 165 Å². The van der Waals surface area contributed by atoms with Crippen LogP contribution in [0.1, 0.15) is 12.5 Å². The predicted molar refractivity (Wildman–Crippen MR) is 108 cm³/mol. The Balaban J connectivity index is 0.00000261. The van der Waals surface area contributed by atoms with Gasteiger partial charge in [0.2, 0.25) is 11.8 Å². The molecule has 27 heavy (non-hydrogen) atoms. The highest BCUT2D eigenvalue weighted by Crippen LogP contribution is 2.18.